The lowest BCUT2D eigenvalue weighted by Gasteiger charge is -2.16. The van der Waals surface area contributed by atoms with Gasteiger partial charge in [0.1, 0.15) is 17.4 Å². The molecule has 20 heavy (non-hydrogen) atoms. The third-order valence-corrected chi connectivity index (χ3v) is 4.50. The number of benzene rings is 2. The van der Waals surface area contributed by atoms with Crippen LogP contribution in [0.15, 0.2) is 34.8 Å². The van der Waals surface area contributed by atoms with Crippen LogP contribution in [-0.4, -0.2) is 7.11 Å². The van der Waals surface area contributed by atoms with Crippen molar-refractivity contribution in [3.63, 3.8) is 0 Å². The van der Waals surface area contributed by atoms with Gasteiger partial charge < -0.3 is 4.74 Å². The van der Waals surface area contributed by atoms with Crippen molar-refractivity contribution in [1.82, 2.24) is 0 Å². The lowest BCUT2D eigenvalue weighted by Crippen LogP contribution is -2.01. The van der Waals surface area contributed by atoms with E-state index in [0.717, 1.165) is 16.1 Å². The van der Waals surface area contributed by atoms with Crippen LogP contribution in [0.1, 0.15) is 21.5 Å². The Morgan fingerprint density at radius 3 is 2.40 bits per heavy atom. The molecule has 0 saturated heterocycles. The summed E-state index contributed by atoms with van der Waals surface area (Å²) in [6.07, 6.45) is 0. The highest BCUT2D eigenvalue weighted by Gasteiger charge is 2.20. The molecular formula is C15H12Br2F2O. The topological polar surface area (TPSA) is 9.23 Å². The summed E-state index contributed by atoms with van der Waals surface area (Å²) in [5.74, 6) is -0.503. The molecule has 1 nitrogen and oxygen atoms in total. The molecule has 2 rings (SSSR count). The molecule has 2 aromatic carbocycles. The van der Waals surface area contributed by atoms with E-state index in [2.05, 4.69) is 31.9 Å². The van der Waals surface area contributed by atoms with Gasteiger partial charge in [-0.3, -0.25) is 0 Å². The van der Waals surface area contributed by atoms with Crippen LogP contribution in [0, 0.1) is 18.6 Å². The van der Waals surface area contributed by atoms with E-state index >= 15 is 0 Å². The summed E-state index contributed by atoms with van der Waals surface area (Å²) >= 11 is 6.82. The van der Waals surface area contributed by atoms with E-state index in [0.29, 0.717) is 16.9 Å². The van der Waals surface area contributed by atoms with Gasteiger partial charge in [-0.1, -0.05) is 37.9 Å². The maximum atomic E-state index is 14.0. The number of methoxy groups -OCH3 is 1. The van der Waals surface area contributed by atoms with Crippen LogP contribution in [0.5, 0.6) is 5.75 Å². The van der Waals surface area contributed by atoms with Crippen LogP contribution in [0.2, 0.25) is 0 Å². The van der Waals surface area contributed by atoms with Crippen LogP contribution in [-0.2, 0) is 0 Å². The molecule has 0 aliphatic carbocycles. The molecule has 0 radical (unpaired) electrons. The predicted molar refractivity (Wildman–Crippen MR) is 82.6 cm³/mol. The summed E-state index contributed by atoms with van der Waals surface area (Å²) < 4.78 is 33.5. The Labute approximate surface area is 133 Å². The first-order chi connectivity index (χ1) is 9.43. The molecule has 0 bridgehead atoms. The third-order valence-electron chi connectivity index (χ3n) is 3.02. The number of aryl methyl sites for hydroxylation is 1. The van der Waals surface area contributed by atoms with E-state index in [9.17, 15) is 8.78 Å². The SMILES string of the molecule is COc1cc(Br)ccc1C(Br)c1cc(C)c(F)cc1F. The normalized spacial score (nSPS) is 12.3. The van der Waals surface area contributed by atoms with Gasteiger partial charge in [-0.25, -0.2) is 8.78 Å². The largest absolute Gasteiger partial charge is 0.496 e. The Kier molecular flexibility index (Phi) is 4.81. The van der Waals surface area contributed by atoms with Crippen molar-refractivity contribution >= 4 is 31.9 Å². The number of hydrogen-bond donors (Lipinski definition) is 0. The fourth-order valence-electron chi connectivity index (χ4n) is 1.94. The van der Waals surface area contributed by atoms with Crippen LogP contribution in [0.25, 0.3) is 0 Å². The second kappa shape index (κ2) is 6.22. The Morgan fingerprint density at radius 1 is 1.05 bits per heavy atom. The number of hydrogen-bond acceptors (Lipinski definition) is 1. The maximum Gasteiger partial charge on any atom is 0.130 e. The highest BCUT2D eigenvalue weighted by atomic mass is 79.9. The summed E-state index contributed by atoms with van der Waals surface area (Å²) in [5, 5.41) is 0. The Bertz CT molecular complexity index is 644. The van der Waals surface area contributed by atoms with Crippen molar-refractivity contribution < 1.29 is 13.5 Å². The zero-order chi connectivity index (χ0) is 14.9. The van der Waals surface area contributed by atoms with E-state index < -0.39 is 16.5 Å². The first-order valence-corrected chi connectivity index (χ1v) is 7.58. The monoisotopic (exact) mass is 404 g/mol. The average molecular weight is 406 g/mol. The first-order valence-electron chi connectivity index (χ1n) is 5.87. The lowest BCUT2D eigenvalue weighted by atomic mass is 10.0. The van der Waals surface area contributed by atoms with Crippen LogP contribution in [0.3, 0.4) is 0 Å². The van der Waals surface area contributed by atoms with Crippen molar-refractivity contribution in [3.8, 4) is 5.75 Å². The van der Waals surface area contributed by atoms with Crippen LogP contribution in [0.4, 0.5) is 8.78 Å². The maximum absolute atomic E-state index is 14.0. The first kappa shape index (κ1) is 15.4. The molecular weight excluding hydrogens is 394 g/mol. The summed E-state index contributed by atoms with van der Waals surface area (Å²) in [6.45, 7) is 1.61. The molecule has 0 aromatic heterocycles. The molecule has 0 saturated carbocycles. The molecule has 5 heteroatoms. The Hall–Kier alpha value is -0.940. The molecule has 0 aliphatic rings. The molecule has 0 N–H and O–H groups in total. The minimum absolute atomic E-state index is 0.379. The molecule has 0 amide bonds. The van der Waals surface area contributed by atoms with Gasteiger partial charge in [-0.05, 0) is 30.7 Å². The van der Waals surface area contributed by atoms with Gasteiger partial charge in [-0.15, -0.1) is 0 Å². The van der Waals surface area contributed by atoms with Crippen molar-refractivity contribution in [2.75, 3.05) is 7.11 Å². The van der Waals surface area contributed by atoms with Gasteiger partial charge in [0, 0.05) is 21.7 Å². The molecule has 1 atom stereocenters. The smallest absolute Gasteiger partial charge is 0.130 e. The van der Waals surface area contributed by atoms with E-state index in [1.807, 2.05) is 12.1 Å². The highest BCUT2D eigenvalue weighted by Crippen LogP contribution is 2.39. The summed E-state index contributed by atoms with van der Waals surface area (Å²) in [7, 11) is 1.55. The molecule has 0 fully saturated rings. The van der Waals surface area contributed by atoms with E-state index in [1.54, 1.807) is 20.1 Å². The number of ether oxygens (including phenoxy) is 1. The Balaban J connectivity index is 2.51. The summed E-state index contributed by atoms with van der Waals surface area (Å²) in [6, 6.07) is 7.90. The standard InChI is InChI=1S/C15H12Br2F2O/c1-8-5-11(13(19)7-12(8)18)15(17)10-4-3-9(16)6-14(10)20-2/h3-7,15H,1-2H3. The van der Waals surface area contributed by atoms with Gasteiger partial charge >= 0.3 is 0 Å². The van der Waals surface area contributed by atoms with E-state index in [4.69, 9.17) is 4.74 Å². The Morgan fingerprint density at radius 2 is 1.75 bits per heavy atom. The van der Waals surface area contributed by atoms with Gasteiger partial charge in [-0.2, -0.15) is 0 Å². The van der Waals surface area contributed by atoms with Gasteiger partial charge in [0.15, 0.2) is 0 Å². The quantitative estimate of drug-likeness (QED) is 0.610. The van der Waals surface area contributed by atoms with Crippen molar-refractivity contribution in [2.45, 2.75) is 11.8 Å². The fraction of sp³-hybridized carbons (Fsp3) is 0.200. The number of halogens is 4. The van der Waals surface area contributed by atoms with E-state index in [-0.39, 0.29) is 0 Å². The fourth-order valence-corrected chi connectivity index (χ4v) is 3.00. The molecule has 0 heterocycles. The van der Waals surface area contributed by atoms with Gasteiger partial charge in [0.25, 0.3) is 0 Å². The van der Waals surface area contributed by atoms with Crippen molar-refractivity contribution in [1.29, 1.82) is 0 Å². The average Bonchev–Trinajstić information content (AvgIpc) is 2.42. The molecule has 0 spiro atoms. The van der Waals surface area contributed by atoms with Crippen LogP contribution < -0.4 is 4.74 Å². The van der Waals surface area contributed by atoms with Crippen molar-refractivity contribution in [3.05, 3.63) is 63.1 Å². The van der Waals surface area contributed by atoms with Crippen LogP contribution >= 0.6 is 31.9 Å². The second-order valence-electron chi connectivity index (χ2n) is 4.37. The van der Waals surface area contributed by atoms with E-state index in [1.165, 1.54) is 6.07 Å². The summed E-state index contributed by atoms with van der Waals surface area (Å²) in [5.41, 5.74) is 1.56. The highest BCUT2D eigenvalue weighted by molar-refractivity contribution is 9.10. The minimum atomic E-state index is -0.583. The molecule has 106 valence electrons. The molecule has 2 aromatic rings. The third kappa shape index (κ3) is 3.04. The zero-order valence-electron chi connectivity index (χ0n) is 10.9. The van der Waals surface area contributed by atoms with Gasteiger partial charge in [0.2, 0.25) is 0 Å². The number of rotatable bonds is 3. The molecule has 0 aliphatic heterocycles. The second-order valence-corrected chi connectivity index (χ2v) is 6.20. The predicted octanol–water partition coefficient (Wildman–Crippen LogP) is 5.53. The van der Waals surface area contributed by atoms with Crippen molar-refractivity contribution in [2.24, 2.45) is 0 Å². The minimum Gasteiger partial charge on any atom is -0.496 e. The molecule has 1 unspecified atom stereocenters. The van der Waals surface area contributed by atoms with Gasteiger partial charge in [0.05, 0.1) is 11.9 Å². The number of alkyl halides is 1. The zero-order valence-corrected chi connectivity index (χ0v) is 14.1. The lowest BCUT2D eigenvalue weighted by molar-refractivity contribution is 0.410. The summed E-state index contributed by atoms with van der Waals surface area (Å²) in [4.78, 5) is -0.412.